The van der Waals surface area contributed by atoms with Crippen LogP contribution in [-0.4, -0.2) is 40.9 Å². The molecule has 1 atom stereocenters. The standard InChI is InChI=1S/C21H17Cl2F4NO3S/c1-31-18-6-11(2-4-14(18)20(29)28-13-9-32(30)10-13)3-5-15(21(25,26)27)12-7-16(22)19(24)17(23)8-12/h2-8,13,15H,9-10H2,1H3,(H,28,29)/b5-3+. The molecule has 1 amide bonds. The zero-order chi connectivity index (χ0) is 23.6. The van der Waals surface area contributed by atoms with E-state index in [1.807, 2.05) is 0 Å². The molecule has 1 aliphatic rings. The first-order valence-electron chi connectivity index (χ1n) is 9.23. The minimum Gasteiger partial charge on any atom is -0.496 e. The number of nitrogens with one attached hydrogen (secondary N) is 1. The molecule has 4 nitrogen and oxygen atoms in total. The van der Waals surface area contributed by atoms with Crippen molar-refractivity contribution in [1.82, 2.24) is 5.32 Å². The van der Waals surface area contributed by atoms with Gasteiger partial charge in [-0.25, -0.2) is 4.39 Å². The molecule has 1 N–H and O–H groups in total. The summed E-state index contributed by atoms with van der Waals surface area (Å²) in [5, 5.41) is 1.71. The van der Waals surface area contributed by atoms with Crippen LogP contribution in [0.5, 0.6) is 5.75 Å². The number of rotatable bonds is 6. The molecule has 0 spiro atoms. The van der Waals surface area contributed by atoms with Gasteiger partial charge in [-0.2, -0.15) is 13.2 Å². The van der Waals surface area contributed by atoms with Crippen LogP contribution in [0.3, 0.4) is 0 Å². The van der Waals surface area contributed by atoms with E-state index in [0.29, 0.717) is 17.1 Å². The second-order valence-electron chi connectivity index (χ2n) is 7.08. The quantitative estimate of drug-likeness (QED) is 0.421. The fourth-order valence-electron chi connectivity index (χ4n) is 3.12. The Kier molecular flexibility index (Phi) is 7.52. The molecule has 0 aromatic heterocycles. The smallest absolute Gasteiger partial charge is 0.399 e. The highest BCUT2D eigenvalue weighted by Gasteiger charge is 2.39. The summed E-state index contributed by atoms with van der Waals surface area (Å²) in [6, 6.07) is 5.89. The maximum atomic E-state index is 13.6. The van der Waals surface area contributed by atoms with Gasteiger partial charge in [-0.15, -0.1) is 0 Å². The van der Waals surface area contributed by atoms with Gasteiger partial charge in [0, 0.05) is 22.3 Å². The van der Waals surface area contributed by atoms with Gasteiger partial charge in [0.05, 0.1) is 34.7 Å². The summed E-state index contributed by atoms with van der Waals surface area (Å²) in [5.74, 6) is -2.58. The molecule has 1 heterocycles. The van der Waals surface area contributed by atoms with Crippen LogP contribution in [0.1, 0.15) is 27.4 Å². The molecule has 1 unspecified atom stereocenters. The van der Waals surface area contributed by atoms with Gasteiger partial charge in [-0.3, -0.25) is 9.00 Å². The van der Waals surface area contributed by atoms with Crippen molar-refractivity contribution in [3.8, 4) is 5.75 Å². The fraction of sp³-hybridized carbons (Fsp3) is 0.286. The van der Waals surface area contributed by atoms with Crippen LogP contribution >= 0.6 is 23.2 Å². The molecule has 172 valence electrons. The van der Waals surface area contributed by atoms with Crippen molar-refractivity contribution in [1.29, 1.82) is 0 Å². The minimum absolute atomic E-state index is 0.168. The Hall–Kier alpha value is -2.10. The highest BCUT2D eigenvalue weighted by molar-refractivity contribution is 7.86. The summed E-state index contributed by atoms with van der Waals surface area (Å²) >= 11 is 11.3. The number of benzene rings is 2. The number of hydrogen-bond acceptors (Lipinski definition) is 3. The number of halogens is 6. The third-order valence-corrected chi connectivity index (χ3v) is 6.88. The van der Waals surface area contributed by atoms with Crippen molar-refractivity contribution in [2.75, 3.05) is 18.6 Å². The number of methoxy groups -OCH3 is 1. The van der Waals surface area contributed by atoms with Gasteiger partial charge in [0.25, 0.3) is 5.91 Å². The van der Waals surface area contributed by atoms with Gasteiger partial charge in [0.15, 0.2) is 5.82 Å². The molecule has 0 aliphatic carbocycles. The molecular formula is C21H17Cl2F4NO3S. The molecule has 3 rings (SSSR count). The first kappa shape index (κ1) is 24.5. The normalized spacial score (nSPS) is 19.5. The highest BCUT2D eigenvalue weighted by Crippen LogP contribution is 2.39. The Balaban J connectivity index is 1.85. The van der Waals surface area contributed by atoms with Gasteiger partial charge < -0.3 is 10.1 Å². The van der Waals surface area contributed by atoms with Gasteiger partial charge in [-0.05, 0) is 35.4 Å². The van der Waals surface area contributed by atoms with Crippen LogP contribution in [0.4, 0.5) is 17.6 Å². The maximum absolute atomic E-state index is 13.6. The van der Waals surface area contributed by atoms with Crippen molar-refractivity contribution in [2.45, 2.75) is 18.1 Å². The minimum atomic E-state index is -4.69. The summed E-state index contributed by atoms with van der Waals surface area (Å²) in [7, 11) is 0.407. The average Bonchev–Trinajstić information content (AvgIpc) is 2.69. The Morgan fingerprint density at radius 1 is 1.22 bits per heavy atom. The second-order valence-corrected chi connectivity index (χ2v) is 9.44. The lowest BCUT2D eigenvalue weighted by atomic mass is 9.96. The van der Waals surface area contributed by atoms with Crippen LogP contribution in [0.25, 0.3) is 6.08 Å². The fourth-order valence-corrected chi connectivity index (χ4v) is 4.59. The topological polar surface area (TPSA) is 55.4 Å². The van der Waals surface area contributed by atoms with Crippen LogP contribution in [0.2, 0.25) is 10.0 Å². The highest BCUT2D eigenvalue weighted by atomic mass is 35.5. The Labute approximate surface area is 194 Å². The molecule has 0 bridgehead atoms. The van der Waals surface area contributed by atoms with Gasteiger partial charge in [-0.1, -0.05) is 41.4 Å². The van der Waals surface area contributed by atoms with Crippen molar-refractivity contribution < 1.29 is 31.3 Å². The molecule has 1 aliphatic heterocycles. The first-order chi connectivity index (χ1) is 15.0. The summed E-state index contributed by atoms with van der Waals surface area (Å²) in [4.78, 5) is 12.4. The SMILES string of the molecule is COc1cc(/C=C/C(c2cc(Cl)c(F)c(Cl)c2)C(F)(F)F)ccc1C(=O)NC1CS(=O)C1. The Bertz CT molecular complexity index is 1060. The molecule has 2 aromatic carbocycles. The maximum Gasteiger partial charge on any atom is 0.399 e. The number of amides is 1. The van der Waals surface area contributed by atoms with E-state index in [9.17, 15) is 26.6 Å². The number of ether oxygens (including phenoxy) is 1. The number of carbonyl (C=O) groups excluding carboxylic acids is 1. The zero-order valence-corrected chi connectivity index (χ0v) is 18.8. The van der Waals surface area contributed by atoms with Crippen molar-refractivity contribution in [2.24, 2.45) is 0 Å². The molecule has 0 radical (unpaired) electrons. The predicted molar refractivity (Wildman–Crippen MR) is 116 cm³/mol. The monoisotopic (exact) mass is 509 g/mol. The molecular weight excluding hydrogens is 493 g/mol. The lowest BCUT2D eigenvalue weighted by molar-refractivity contribution is -0.139. The summed E-state index contributed by atoms with van der Waals surface area (Å²) in [6.07, 6.45) is -2.59. The predicted octanol–water partition coefficient (Wildman–Crippen LogP) is 5.36. The van der Waals surface area contributed by atoms with E-state index in [2.05, 4.69) is 5.32 Å². The second kappa shape index (κ2) is 9.80. The van der Waals surface area contributed by atoms with E-state index in [1.165, 1.54) is 31.4 Å². The molecule has 11 heteroatoms. The van der Waals surface area contributed by atoms with E-state index in [4.69, 9.17) is 27.9 Å². The zero-order valence-electron chi connectivity index (χ0n) is 16.5. The Morgan fingerprint density at radius 3 is 2.38 bits per heavy atom. The largest absolute Gasteiger partial charge is 0.496 e. The van der Waals surface area contributed by atoms with Crippen LogP contribution in [-0.2, 0) is 10.8 Å². The van der Waals surface area contributed by atoms with E-state index in [-0.39, 0.29) is 22.9 Å². The van der Waals surface area contributed by atoms with E-state index in [1.54, 1.807) is 0 Å². The molecule has 2 aromatic rings. The van der Waals surface area contributed by atoms with Gasteiger partial charge >= 0.3 is 6.18 Å². The van der Waals surface area contributed by atoms with Crippen LogP contribution in [0.15, 0.2) is 36.4 Å². The summed E-state index contributed by atoms with van der Waals surface area (Å²) in [6.45, 7) is 0. The number of carbonyl (C=O) groups is 1. The number of hydrogen-bond donors (Lipinski definition) is 1. The van der Waals surface area contributed by atoms with Crippen LogP contribution < -0.4 is 10.1 Å². The molecule has 1 saturated heterocycles. The van der Waals surface area contributed by atoms with E-state index in [0.717, 1.165) is 18.2 Å². The number of allylic oxidation sites excluding steroid dienone is 1. The van der Waals surface area contributed by atoms with E-state index >= 15 is 0 Å². The number of alkyl halides is 3. The third kappa shape index (κ3) is 5.63. The first-order valence-corrected chi connectivity index (χ1v) is 11.5. The van der Waals surface area contributed by atoms with Gasteiger partial charge in [0.1, 0.15) is 5.75 Å². The third-order valence-electron chi connectivity index (χ3n) is 4.78. The molecule has 32 heavy (non-hydrogen) atoms. The summed E-state index contributed by atoms with van der Waals surface area (Å²) < 4.78 is 70.9. The molecule has 1 fully saturated rings. The van der Waals surface area contributed by atoms with Crippen molar-refractivity contribution >= 4 is 46.0 Å². The summed E-state index contributed by atoms with van der Waals surface area (Å²) in [5.41, 5.74) is 0.231. The van der Waals surface area contributed by atoms with Crippen LogP contribution in [0, 0.1) is 5.82 Å². The van der Waals surface area contributed by atoms with E-state index < -0.39 is 44.7 Å². The lowest BCUT2D eigenvalue weighted by Gasteiger charge is -2.26. The van der Waals surface area contributed by atoms with Crippen molar-refractivity contribution in [3.63, 3.8) is 0 Å². The average molecular weight is 510 g/mol. The van der Waals surface area contributed by atoms with Crippen molar-refractivity contribution in [3.05, 3.63) is 69.0 Å². The Morgan fingerprint density at radius 2 is 1.84 bits per heavy atom. The molecule has 0 saturated carbocycles. The van der Waals surface area contributed by atoms with Gasteiger partial charge in [0.2, 0.25) is 0 Å². The lowest BCUT2D eigenvalue weighted by Crippen LogP contribution is -2.50.